The Morgan fingerprint density at radius 3 is 2.85 bits per heavy atom. The first-order valence-electron chi connectivity index (χ1n) is 4.11. The molecule has 2 nitrogen and oxygen atoms in total. The Kier molecular flexibility index (Phi) is 1.81. The van der Waals surface area contributed by atoms with Crippen LogP contribution in [0.2, 0.25) is 0 Å². The third-order valence-corrected chi connectivity index (χ3v) is 2.09. The summed E-state index contributed by atoms with van der Waals surface area (Å²) in [5.41, 5.74) is 6.68. The van der Waals surface area contributed by atoms with E-state index in [1.54, 1.807) is 25.1 Å². The zero-order valence-corrected chi connectivity index (χ0v) is 7.25. The van der Waals surface area contributed by atoms with Crippen LogP contribution in [0, 0.1) is 5.82 Å². The SMILES string of the molecule is CC(N)c1ccc2occc2c1F. The average molecular weight is 179 g/mol. The summed E-state index contributed by atoms with van der Waals surface area (Å²) in [6.45, 7) is 1.75. The van der Waals surface area contributed by atoms with E-state index in [0.717, 1.165) is 0 Å². The predicted molar refractivity (Wildman–Crippen MR) is 48.8 cm³/mol. The van der Waals surface area contributed by atoms with Crippen molar-refractivity contribution in [2.24, 2.45) is 5.73 Å². The second-order valence-corrected chi connectivity index (χ2v) is 3.09. The lowest BCUT2D eigenvalue weighted by molar-refractivity contribution is 0.596. The lowest BCUT2D eigenvalue weighted by atomic mass is 10.1. The highest BCUT2D eigenvalue weighted by molar-refractivity contribution is 5.78. The van der Waals surface area contributed by atoms with Gasteiger partial charge in [0, 0.05) is 11.6 Å². The van der Waals surface area contributed by atoms with Gasteiger partial charge in [0.2, 0.25) is 0 Å². The summed E-state index contributed by atoms with van der Waals surface area (Å²) < 4.78 is 18.7. The van der Waals surface area contributed by atoms with Gasteiger partial charge in [-0.2, -0.15) is 0 Å². The number of benzene rings is 1. The van der Waals surface area contributed by atoms with Crippen LogP contribution < -0.4 is 5.73 Å². The first-order chi connectivity index (χ1) is 6.20. The number of furan rings is 1. The highest BCUT2D eigenvalue weighted by atomic mass is 19.1. The van der Waals surface area contributed by atoms with Crippen molar-refractivity contribution in [1.82, 2.24) is 0 Å². The molecule has 2 rings (SSSR count). The predicted octanol–water partition coefficient (Wildman–Crippen LogP) is 2.59. The molecule has 0 amide bonds. The molecule has 68 valence electrons. The molecule has 0 saturated heterocycles. The van der Waals surface area contributed by atoms with Crippen LogP contribution >= 0.6 is 0 Å². The quantitative estimate of drug-likeness (QED) is 0.730. The number of halogens is 1. The van der Waals surface area contributed by atoms with Crippen molar-refractivity contribution in [2.75, 3.05) is 0 Å². The average Bonchev–Trinajstić information content (AvgIpc) is 2.52. The van der Waals surface area contributed by atoms with Crippen LogP contribution in [0.5, 0.6) is 0 Å². The second-order valence-electron chi connectivity index (χ2n) is 3.09. The van der Waals surface area contributed by atoms with Crippen LogP contribution in [0.15, 0.2) is 28.9 Å². The Labute approximate surface area is 75.1 Å². The maximum atomic E-state index is 13.6. The Morgan fingerprint density at radius 2 is 2.15 bits per heavy atom. The van der Waals surface area contributed by atoms with Crippen LogP contribution in [0.25, 0.3) is 11.0 Å². The molecule has 0 aliphatic carbocycles. The Bertz CT molecular complexity index is 433. The highest BCUT2D eigenvalue weighted by Crippen LogP contribution is 2.24. The van der Waals surface area contributed by atoms with Crippen LogP contribution in [0.1, 0.15) is 18.5 Å². The smallest absolute Gasteiger partial charge is 0.139 e. The molecule has 0 bridgehead atoms. The van der Waals surface area contributed by atoms with Crippen molar-refractivity contribution in [1.29, 1.82) is 0 Å². The lowest BCUT2D eigenvalue weighted by Crippen LogP contribution is -2.07. The molecule has 2 N–H and O–H groups in total. The van der Waals surface area contributed by atoms with Gasteiger partial charge in [0.05, 0.1) is 11.6 Å². The Balaban J connectivity index is 2.73. The standard InChI is InChI=1S/C10H10FNO/c1-6(12)7-2-3-9-8(10(7)11)4-5-13-9/h2-6H,12H2,1H3. The molecular weight excluding hydrogens is 169 g/mol. The maximum Gasteiger partial charge on any atom is 0.139 e. The van der Waals surface area contributed by atoms with Gasteiger partial charge in [0.15, 0.2) is 0 Å². The van der Waals surface area contributed by atoms with E-state index < -0.39 is 0 Å². The van der Waals surface area contributed by atoms with Gasteiger partial charge in [0.1, 0.15) is 11.4 Å². The normalized spacial score (nSPS) is 13.5. The van der Waals surface area contributed by atoms with Crippen LogP contribution in [-0.4, -0.2) is 0 Å². The molecule has 0 radical (unpaired) electrons. The molecule has 0 spiro atoms. The molecule has 1 atom stereocenters. The summed E-state index contributed by atoms with van der Waals surface area (Å²) in [6, 6.07) is 4.71. The van der Waals surface area contributed by atoms with Gasteiger partial charge in [-0.3, -0.25) is 0 Å². The van der Waals surface area contributed by atoms with E-state index >= 15 is 0 Å². The van der Waals surface area contributed by atoms with Gasteiger partial charge in [0.25, 0.3) is 0 Å². The van der Waals surface area contributed by atoms with Gasteiger partial charge in [-0.05, 0) is 19.1 Å². The Hall–Kier alpha value is -1.35. The maximum absolute atomic E-state index is 13.6. The summed E-state index contributed by atoms with van der Waals surface area (Å²) in [7, 11) is 0. The molecule has 13 heavy (non-hydrogen) atoms. The topological polar surface area (TPSA) is 39.2 Å². The highest BCUT2D eigenvalue weighted by Gasteiger charge is 2.11. The van der Waals surface area contributed by atoms with Crippen LogP contribution in [0.3, 0.4) is 0 Å². The molecule has 1 unspecified atom stereocenters. The molecule has 1 heterocycles. The molecular formula is C10H10FNO. The summed E-state index contributed by atoms with van der Waals surface area (Å²) in [5, 5.41) is 0.495. The monoisotopic (exact) mass is 179 g/mol. The van der Waals surface area contributed by atoms with E-state index in [1.807, 2.05) is 0 Å². The minimum Gasteiger partial charge on any atom is -0.464 e. The Morgan fingerprint density at radius 1 is 1.38 bits per heavy atom. The number of hydrogen-bond acceptors (Lipinski definition) is 2. The molecule has 1 aromatic carbocycles. The van der Waals surface area contributed by atoms with Crippen molar-refractivity contribution < 1.29 is 8.81 Å². The minimum absolute atomic E-state index is 0.277. The fourth-order valence-electron chi connectivity index (χ4n) is 1.38. The lowest BCUT2D eigenvalue weighted by Gasteiger charge is -2.06. The van der Waals surface area contributed by atoms with Crippen molar-refractivity contribution in [2.45, 2.75) is 13.0 Å². The number of hydrogen-bond donors (Lipinski definition) is 1. The van der Waals surface area contributed by atoms with Crippen LogP contribution in [0.4, 0.5) is 4.39 Å². The molecule has 3 heteroatoms. The van der Waals surface area contributed by atoms with Crippen LogP contribution in [-0.2, 0) is 0 Å². The van der Waals surface area contributed by atoms with Crippen molar-refractivity contribution in [3.63, 3.8) is 0 Å². The van der Waals surface area contributed by atoms with E-state index in [4.69, 9.17) is 10.2 Å². The zero-order chi connectivity index (χ0) is 9.42. The van der Waals surface area contributed by atoms with E-state index in [1.165, 1.54) is 6.26 Å². The van der Waals surface area contributed by atoms with E-state index in [-0.39, 0.29) is 11.9 Å². The summed E-state index contributed by atoms with van der Waals surface area (Å²) in [6.07, 6.45) is 1.47. The molecule has 0 aliphatic rings. The fourth-order valence-corrected chi connectivity index (χ4v) is 1.38. The van der Waals surface area contributed by atoms with Gasteiger partial charge in [-0.15, -0.1) is 0 Å². The third-order valence-electron chi connectivity index (χ3n) is 2.09. The van der Waals surface area contributed by atoms with Gasteiger partial charge < -0.3 is 10.2 Å². The first kappa shape index (κ1) is 8.26. The molecule has 0 aliphatic heterocycles. The minimum atomic E-state index is -0.292. The van der Waals surface area contributed by atoms with E-state index in [2.05, 4.69) is 0 Å². The molecule has 0 saturated carbocycles. The van der Waals surface area contributed by atoms with Gasteiger partial charge >= 0.3 is 0 Å². The summed E-state index contributed by atoms with van der Waals surface area (Å²) >= 11 is 0. The third kappa shape index (κ3) is 1.21. The summed E-state index contributed by atoms with van der Waals surface area (Å²) in [5.74, 6) is -0.277. The number of rotatable bonds is 1. The number of nitrogens with two attached hydrogens (primary N) is 1. The fraction of sp³-hybridized carbons (Fsp3) is 0.200. The summed E-state index contributed by atoms with van der Waals surface area (Å²) in [4.78, 5) is 0. The molecule has 1 aromatic heterocycles. The molecule has 0 fully saturated rings. The second kappa shape index (κ2) is 2.85. The van der Waals surface area contributed by atoms with E-state index in [9.17, 15) is 4.39 Å². The largest absolute Gasteiger partial charge is 0.464 e. The zero-order valence-electron chi connectivity index (χ0n) is 7.25. The van der Waals surface area contributed by atoms with Crippen molar-refractivity contribution >= 4 is 11.0 Å². The first-order valence-corrected chi connectivity index (χ1v) is 4.11. The van der Waals surface area contributed by atoms with E-state index in [0.29, 0.717) is 16.5 Å². The van der Waals surface area contributed by atoms with Crippen molar-refractivity contribution in [3.8, 4) is 0 Å². The molecule has 2 aromatic rings. The van der Waals surface area contributed by atoms with Gasteiger partial charge in [-0.1, -0.05) is 6.07 Å². The van der Waals surface area contributed by atoms with Crippen molar-refractivity contribution in [3.05, 3.63) is 35.8 Å². The van der Waals surface area contributed by atoms with Gasteiger partial charge in [-0.25, -0.2) is 4.39 Å². The number of fused-ring (bicyclic) bond motifs is 1.